The van der Waals surface area contributed by atoms with Gasteiger partial charge in [-0.15, -0.1) is 0 Å². The zero-order valence-electron chi connectivity index (χ0n) is 17.8. The van der Waals surface area contributed by atoms with E-state index in [-0.39, 0.29) is 40.7 Å². The normalized spacial score (nSPS) is 18.5. The van der Waals surface area contributed by atoms with Crippen molar-refractivity contribution >= 4 is 34.7 Å². The molecule has 0 bridgehead atoms. The van der Waals surface area contributed by atoms with Crippen molar-refractivity contribution in [3.05, 3.63) is 58.7 Å². The molecule has 35 heavy (non-hydrogen) atoms. The molecule has 186 valence electrons. The molecule has 13 heteroatoms. The van der Waals surface area contributed by atoms with Crippen molar-refractivity contribution in [2.75, 3.05) is 13.2 Å². The summed E-state index contributed by atoms with van der Waals surface area (Å²) >= 11 is 5.60. The molecule has 1 fully saturated rings. The summed E-state index contributed by atoms with van der Waals surface area (Å²) in [7, 11) is 0. The Kier molecular flexibility index (Phi) is 6.75. The Balaban J connectivity index is 1.41. The summed E-state index contributed by atoms with van der Waals surface area (Å²) in [4.78, 5) is 29.3. The summed E-state index contributed by atoms with van der Waals surface area (Å²) in [5.74, 6) is -1.17. The number of oxazole rings is 1. The Morgan fingerprint density at radius 2 is 2.00 bits per heavy atom. The zero-order valence-corrected chi connectivity index (χ0v) is 18.6. The first-order valence-corrected chi connectivity index (χ1v) is 10.7. The van der Waals surface area contributed by atoms with Crippen LogP contribution in [0, 0.1) is 5.82 Å². The lowest BCUT2D eigenvalue weighted by Crippen LogP contribution is -2.51. The maximum absolute atomic E-state index is 13.5. The minimum Gasteiger partial charge on any atom is -0.484 e. The number of aromatic nitrogens is 1. The van der Waals surface area contributed by atoms with Gasteiger partial charge < -0.3 is 19.6 Å². The molecule has 1 aliphatic heterocycles. The number of hydrogen-bond donors (Lipinski definition) is 2. The van der Waals surface area contributed by atoms with Crippen molar-refractivity contribution in [3.8, 4) is 5.75 Å². The Bertz CT molecular complexity index is 1270. The van der Waals surface area contributed by atoms with E-state index in [9.17, 15) is 32.3 Å². The van der Waals surface area contributed by atoms with Crippen LogP contribution < -0.4 is 10.1 Å². The van der Waals surface area contributed by atoms with E-state index < -0.39 is 48.2 Å². The third kappa shape index (κ3) is 5.59. The number of alkyl halides is 3. The van der Waals surface area contributed by atoms with Crippen LogP contribution in [0.1, 0.15) is 30.3 Å². The van der Waals surface area contributed by atoms with Crippen LogP contribution >= 0.6 is 11.6 Å². The number of carbonyl (C=O) groups is 2. The van der Waals surface area contributed by atoms with Gasteiger partial charge in [-0.25, -0.2) is 14.2 Å². The molecular weight excluding hydrogens is 498 g/mol. The second-order valence-electron chi connectivity index (χ2n) is 7.89. The quantitative estimate of drug-likeness (QED) is 0.462. The molecule has 1 saturated heterocycles. The zero-order chi connectivity index (χ0) is 25.3. The molecule has 1 aromatic heterocycles. The van der Waals surface area contributed by atoms with Gasteiger partial charge in [0.1, 0.15) is 23.1 Å². The van der Waals surface area contributed by atoms with Crippen LogP contribution in [0.2, 0.25) is 5.02 Å². The van der Waals surface area contributed by atoms with Crippen molar-refractivity contribution in [2.45, 2.75) is 31.1 Å². The average molecular weight is 516 g/mol. The molecule has 3 aromatic rings. The van der Waals surface area contributed by atoms with Crippen LogP contribution in [-0.2, 0) is 11.0 Å². The van der Waals surface area contributed by atoms with Gasteiger partial charge in [-0.3, -0.25) is 9.69 Å². The predicted octanol–water partition coefficient (Wildman–Crippen LogP) is 5.02. The molecule has 0 spiro atoms. The van der Waals surface area contributed by atoms with Crippen molar-refractivity contribution in [1.29, 1.82) is 0 Å². The highest BCUT2D eigenvalue weighted by Crippen LogP contribution is 2.35. The largest absolute Gasteiger partial charge is 0.484 e. The number of benzene rings is 2. The molecule has 2 aromatic carbocycles. The molecule has 4 rings (SSSR count). The van der Waals surface area contributed by atoms with E-state index in [0.717, 1.165) is 29.2 Å². The molecule has 0 saturated carbocycles. The second kappa shape index (κ2) is 9.61. The van der Waals surface area contributed by atoms with E-state index in [4.69, 9.17) is 20.8 Å². The summed E-state index contributed by atoms with van der Waals surface area (Å²) in [6.45, 7) is -0.533. The second-order valence-corrected chi connectivity index (χ2v) is 8.30. The van der Waals surface area contributed by atoms with Crippen LogP contribution in [0.15, 0.2) is 40.8 Å². The van der Waals surface area contributed by atoms with Crippen LogP contribution in [0.5, 0.6) is 5.75 Å². The third-order valence-corrected chi connectivity index (χ3v) is 5.78. The number of piperidine rings is 1. The SMILES string of the molecule is O=C(COc1ccc(Cl)c(F)c1)N[C@H]1CC[C@H](c2nc3ccc(C(F)(F)F)cc3o2)N(C(=O)O)C1. The van der Waals surface area contributed by atoms with Crippen LogP contribution in [0.4, 0.5) is 22.4 Å². The summed E-state index contributed by atoms with van der Waals surface area (Å²) in [5, 5.41) is 12.2. The van der Waals surface area contributed by atoms with Crippen LogP contribution in [-0.4, -0.2) is 46.2 Å². The molecule has 8 nitrogen and oxygen atoms in total. The molecule has 1 aliphatic rings. The fourth-order valence-corrected chi connectivity index (χ4v) is 3.92. The Labute approximate surface area is 200 Å². The molecule has 2 N–H and O–H groups in total. The number of fused-ring (bicyclic) bond motifs is 1. The first kappa shape index (κ1) is 24.6. The molecule has 0 aliphatic carbocycles. The summed E-state index contributed by atoms with van der Waals surface area (Å²) < 4.78 is 63.1. The highest BCUT2D eigenvalue weighted by molar-refractivity contribution is 6.30. The maximum atomic E-state index is 13.5. The van der Waals surface area contributed by atoms with Gasteiger partial charge in [-0.2, -0.15) is 13.2 Å². The fraction of sp³-hybridized carbons (Fsp3) is 0.318. The standard InChI is InChI=1S/C22H18ClF4N3O5/c23-14-4-3-13(8-15(14)24)34-10-19(31)28-12-2-6-17(30(9-12)21(32)33)20-29-16-5-1-11(22(25,26)27)7-18(16)35-20/h1,3-5,7-8,12,17H,2,6,9-10H2,(H,28,31)(H,32,33)/t12-,17+/m0/s1. The lowest BCUT2D eigenvalue weighted by atomic mass is 9.98. The Morgan fingerprint density at radius 3 is 2.69 bits per heavy atom. The average Bonchev–Trinajstić information content (AvgIpc) is 3.22. The number of halogens is 5. The van der Waals surface area contributed by atoms with Crippen molar-refractivity contribution in [3.63, 3.8) is 0 Å². The van der Waals surface area contributed by atoms with Crippen LogP contribution in [0.3, 0.4) is 0 Å². The minimum atomic E-state index is -4.56. The number of carbonyl (C=O) groups excluding carboxylic acids is 1. The van der Waals surface area contributed by atoms with Crippen molar-refractivity contribution in [1.82, 2.24) is 15.2 Å². The molecule has 2 atom stereocenters. The summed E-state index contributed by atoms with van der Waals surface area (Å²) in [6, 6.07) is 5.17. The monoisotopic (exact) mass is 515 g/mol. The number of nitrogens with one attached hydrogen (secondary N) is 1. The fourth-order valence-electron chi connectivity index (χ4n) is 3.80. The van der Waals surface area contributed by atoms with E-state index in [1.54, 1.807) is 0 Å². The Hall–Kier alpha value is -3.54. The van der Waals surface area contributed by atoms with E-state index >= 15 is 0 Å². The molecular formula is C22H18ClF4N3O5. The number of ether oxygens (including phenoxy) is 1. The summed E-state index contributed by atoms with van der Waals surface area (Å²) in [6.07, 6.45) is -5.31. The van der Waals surface area contributed by atoms with Gasteiger partial charge in [0.25, 0.3) is 5.91 Å². The van der Waals surface area contributed by atoms with E-state index in [1.807, 2.05) is 0 Å². The van der Waals surface area contributed by atoms with E-state index in [2.05, 4.69) is 10.3 Å². The maximum Gasteiger partial charge on any atom is 0.416 e. The van der Waals surface area contributed by atoms with Crippen molar-refractivity contribution in [2.24, 2.45) is 0 Å². The first-order chi connectivity index (χ1) is 16.5. The van der Waals surface area contributed by atoms with Gasteiger partial charge in [-0.05, 0) is 43.2 Å². The topological polar surface area (TPSA) is 105 Å². The lowest BCUT2D eigenvalue weighted by molar-refractivity contribution is -0.137. The van der Waals surface area contributed by atoms with Crippen molar-refractivity contribution < 1.29 is 41.4 Å². The first-order valence-electron chi connectivity index (χ1n) is 10.4. The molecule has 0 radical (unpaired) electrons. The van der Waals surface area contributed by atoms with Gasteiger partial charge in [0, 0.05) is 18.7 Å². The number of hydrogen-bond acceptors (Lipinski definition) is 5. The highest BCUT2D eigenvalue weighted by Gasteiger charge is 2.37. The number of nitrogens with zero attached hydrogens (tertiary/aromatic N) is 2. The van der Waals surface area contributed by atoms with Gasteiger partial charge in [0.05, 0.1) is 10.6 Å². The predicted molar refractivity (Wildman–Crippen MR) is 115 cm³/mol. The highest BCUT2D eigenvalue weighted by atomic mass is 35.5. The number of likely N-dealkylation sites (tertiary alicyclic amines) is 1. The van der Waals surface area contributed by atoms with Gasteiger partial charge in [0.2, 0.25) is 5.89 Å². The number of rotatable bonds is 5. The van der Waals surface area contributed by atoms with E-state index in [0.29, 0.717) is 6.42 Å². The van der Waals surface area contributed by atoms with Crippen LogP contribution in [0.25, 0.3) is 11.1 Å². The minimum absolute atomic E-state index is 0.0281. The van der Waals surface area contributed by atoms with E-state index in [1.165, 1.54) is 12.1 Å². The number of amides is 2. The lowest BCUT2D eigenvalue weighted by Gasteiger charge is -2.36. The van der Waals surface area contributed by atoms with Gasteiger partial charge in [0.15, 0.2) is 12.2 Å². The smallest absolute Gasteiger partial charge is 0.416 e. The molecule has 2 amide bonds. The third-order valence-electron chi connectivity index (χ3n) is 5.47. The summed E-state index contributed by atoms with van der Waals surface area (Å²) in [5.41, 5.74) is -0.839. The van der Waals surface area contributed by atoms with Gasteiger partial charge >= 0.3 is 12.3 Å². The molecule has 0 unspecified atom stereocenters. The molecule has 2 heterocycles. The number of carboxylic acid groups (broad SMARTS) is 1. The Morgan fingerprint density at radius 1 is 1.23 bits per heavy atom. The van der Waals surface area contributed by atoms with Gasteiger partial charge in [-0.1, -0.05) is 11.6 Å².